The fourth-order valence-electron chi connectivity index (χ4n) is 3.25. The number of rotatable bonds is 7. The van der Waals surface area contributed by atoms with Crippen LogP contribution in [-0.2, 0) is 9.59 Å². The van der Waals surface area contributed by atoms with Crippen LogP contribution in [0.5, 0.6) is 0 Å². The molecule has 0 saturated carbocycles. The van der Waals surface area contributed by atoms with Crippen LogP contribution in [0.1, 0.15) is 31.1 Å². The second kappa shape index (κ2) is 11.2. The number of nitrogens with zero attached hydrogens (tertiary/aromatic N) is 1. The minimum Gasteiger partial charge on any atom is -0.548 e. The summed E-state index contributed by atoms with van der Waals surface area (Å²) in [6.45, 7) is 2.09. The first kappa shape index (κ1) is 24.0. The molecule has 0 aromatic heterocycles. The number of hydrogen-bond donors (Lipinski definition) is 0. The maximum atomic E-state index is 12.9. The Morgan fingerprint density at radius 1 is 1.07 bits per heavy atom. The second-order valence-corrected chi connectivity index (χ2v) is 9.35. The van der Waals surface area contributed by atoms with Crippen LogP contribution in [0, 0.1) is 5.92 Å². The Labute approximate surface area is 186 Å². The predicted molar refractivity (Wildman–Crippen MR) is 120 cm³/mol. The van der Waals surface area contributed by atoms with Gasteiger partial charge in [0.2, 0.25) is 11.0 Å². The summed E-state index contributed by atoms with van der Waals surface area (Å²) in [5, 5.41) is 11.5. The Bertz CT molecular complexity index is 860. The normalized spacial score (nSPS) is 19.0. The predicted octanol–water partition coefficient (Wildman–Crippen LogP) is 3.34. The number of aliphatic carboxylic acids is 1. The third-order valence-electron chi connectivity index (χ3n) is 4.76. The van der Waals surface area contributed by atoms with Gasteiger partial charge in [0.15, 0.2) is 0 Å². The molecular weight excluding hydrogens is 418 g/mol. The lowest BCUT2D eigenvalue weighted by atomic mass is 10.1. The molecule has 0 N–H and O–H groups in total. The summed E-state index contributed by atoms with van der Waals surface area (Å²) in [6.07, 6.45) is 0.358. The van der Waals surface area contributed by atoms with Gasteiger partial charge in [0.05, 0.1) is 12.0 Å². The molecule has 7 heteroatoms. The molecule has 5 nitrogen and oxygen atoms in total. The van der Waals surface area contributed by atoms with Crippen molar-refractivity contribution in [2.45, 2.75) is 37.0 Å². The van der Waals surface area contributed by atoms with Gasteiger partial charge in [-0.15, -0.1) is 11.8 Å². The number of likely N-dealkylation sites (tertiary alicyclic amines) is 1. The Balaban J connectivity index is 0.00000320. The van der Waals surface area contributed by atoms with Crippen molar-refractivity contribution in [3.05, 3.63) is 66.2 Å². The van der Waals surface area contributed by atoms with Crippen molar-refractivity contribution in [2.24, 2.45) is 5.92 Å². The highest BCUT2D eigenvalue weighted by molar-refractivity contribution is 8.14. The third-order valence-corrected chi connectivity index (χ3v) is 7.14. The average Bonchev–Trinajstić information content (AvgIpc) is 3.16. The number of carbonyl (C=O) groups excluding carboxylic acids is 3. The maximum absolute atomic E-state index is 12.9. The zero-order valence-corrected chi connectivity index (χ0v) is 17.7. The summed E-state index contributed by atoms with van der Waals surface area (Å²) >= 11 is 2.66. The van der Waals surface area contributed by atoms with Crippen LogP contribution in [0.15, 0.2) is 65.6 Å². The Hall–Kier alpha value is -2.25. The van der Waals surface area contributed by atoms with E-state index < -0.39 is 17.9 Å². The molecule has 30 heavy (non-hydrogen) atoms. The van der Waals surface area contributed by atoms with E-state index in [-0.39, 0.29) is 23.7 Å². The number of carboxylic acid groups (broad SMARTS) is 1. The molecule has 1 fully saturated rings. The van der Waals surface area contributed by atoms with Crippen molar-refractivity contribution in [1.82, 2.24) is 4.90 Å². The Kier molecular flexibility index (Phi) is 8.99. The fourth-order valence-corrected chi connectivity index (χ4v) is 5.31. The lowest BCUT2D eigenvalue weighted by Gasteiger charge is -2.27. The summed E-state index contributed by atoms with van der Waals surface area (Å²) in [7, 11) is 0. The highest BCUT2D eigenvalue weighted by Gasteiger charge is 2.38. The number of benzene rings is 2. The first-order valence-corrected chi connectivity index (χ1v) is 11.3. The van der Waals surface area contributed by atoms with Gasteiger partial charge in [-0.05, 0) is 18.6 Å². The first-order valence-electron chi connectivity index (χ1n) is 9.41. The lowest BCUT2D eigenvalue weighted by molar-refractivity contribution is -0.310. The molecule has 0 unspecified atom stereocenters. The Morgan fingerprint density at radius 3 is 2.27 bits per heavy atom. The first-order chi connectivity index (χ1) is 14.0. The van der Waals surface area contributed by atoms with Gasteiger partial charge in [-0.1, -0.05) is 74.6 Å². The minimum absolute atomic E-state index is 0. The molecule has 2 aromatic rings. The maximum Gasteiger partial charge on any atom is 0.226 e. The Morgan fingerprint density at radius 2 is 1.67 bits per heavy atom. The van der Waals surface area contributed by atoms with E-state index in [1.165, 1.54) is 4.90 Å². The molecule has 0 radical (unpaired) electrons. The largest absolute Gasteiger partial charge is 0.548 e. The molecule has 0 bridgehead atoms. The van der Waals surface area contributed by atoms with Crippen molar-refractivity contribution in [3.63, 3.8) is 0 Å². The molecule has 0 spiro atoms. The topological polar surface area (TPSA) is 77.5 Å². The van der Waals surface area contributed by atoms with Crippen LogP contribution in [0.2, 0.25) is 0 Å². The summed E-state index contributed by atoms with van der Waals surface area (Å²) in [4.78, 5) is 39.2. The smallest absolute Gasteiger partial charge is 0.226 e. The van der Waals surface area contributed by atoms with Gasteiger partial charge in [-0.2, -0.15) is 0 Å². The van der Waals surface area contributed by atoms with Crippen LogP contribution < -0.4 is 5.11 Å². The van der Waals surface area contributed by atoms with E-state index >= 15 is 0 Å². The van der Waals surface area contributed by atoms with E-state index in [0.29, 0.717) is 24.3 Å². The molecule has 1 aliphatic heterocycles. The number of hydrogen-bond acceptors (Lipinski definition) is 6. The molecule has 3 rings (SSSR count). The van der Waals surface area contributed by atoms with Crippen LogP contribution in [0.25, 0.3) is 0 Å². The van der Waals surface area contributed by atoms with Gasteiger partial charge < -0.3 is 14.8 Å². The minimum atomic E-state index is -1.23. The van der Waals surface area contributed by atoms with E-state index in [4.69, 9.17) is 0 Å². The van der Waals surface area contributed by atoms with Gasteiger partial charge >= 0.3 is 0 Å². The number of carboxylic acids is 1. The summed E-state index contributed by atoms with van der Waals surface area (Å²) in [5.74, 6) is -1.63. The van der Waals surface area contributed by atoms with Crippen LogP contribution in [0.3, 0.4) is 0 Å². The molecule has 1 aliphatic rings. The van der Waals surface area contributed by atoms with Gasteiger partial charge in [0.1, 0.15) is 0 Å². The van der Waals surface area contributed by atoms with Gasteiger partial charge in [-0.3, -0.25) is 9.59 Å². The quantitative estimate of drug-likeness (QED) is 0.652. The van der Waals surface area contributed by atoms with E-state index in [9.17, 15) is 19.5 Å². The molecule has 1 amide bonds. The van der Waals surface area contributed by atoms with E-state index in [0.717, 1.165) is 16.7 Å². The fraction of sp³-hybridized carbons (Fsp3) is 0.348. The lowest BCUT2D eigenvalue weighted by Crippen LogP contribution is -2.48. The number of carbonyl (C=O) groups is 3. The molecule has 160 valence electrons. The van der Waals surface area contributed by atoms with Crippen LogP contribution in [0.4, 0.5) is 0 Å². The van der Waals surface area contributed by atoms with Crippen LogP contribution >= 0.6 is 23.5 Å². The average molecular weight is 445 g/mol. The summed E-state index contributed by atoms with van der Waals surface area (Å²) in [5.41, 5.74) is 0.588. The van der Waals surface area contributed by atoms with Crippen LogP contribution in [-0.4, -0.2) is 45.5 Å². The molecule has 1 heterocycles. The third kappa shape index (κ3) is 6.12. The summed E-state index contributed by atoms with van der Waals surface area (Å²) < 4.78 is 0. The van der Waals surface area contributed by atoms with E-state index in [2.05, 4.69) is 0 Å². The zero-order chi connectivity index (χ0) is 20.8. The summed E-state index contributed by atoms with van der Waals surface area (Å²) in [6, 6.07) is 17.7. The van der Waals surface area contributed by atoms with Crippen molar-refractivity contribution in [3.8, 4) is 0 Å². The molecule has 0 aliphatic carbocycles. The van der Waals surface area contributed by atoms with Gasteiger partial charge in [0, 0.05) is 33.9 Å². The highest BCUT2D eigenvalue weighted by Crippen LogP contribution is 2.33. The number of thioether (sulfide) groups is 2. The van der Waals surface area contributed by atoms with Crippen molar-refractivity contribution < 1.29 is 19.5 Å². The van der Waals surface area contributed by atoms with E-state index in [1.807, 2.05) is 36.4 Å². The van der Waals surface area contributed by atoms with Crippen molar-refractivity contribution in [1.29, 1.82) is 0 Å². The van der Waals surface area contributed by atoms with Crippen molar-refractivity contribution >= 4 is 40.5 Å². The molecular formula is C23H26NO4S2-. The molecule has 1 saturated heterocycles. The monoisotopic (exact) mass is 444 g/mol. The molecule has 2 aromatic carbocycles. The van der Waals surface area contributed by atoms with E-state index in [1.54, 1.807) is 43.0 Å². The van der Waals surface area contributed by atoms with Gasteiger partial charge in [-0.25, -0.2) is 0 Å². The second-order valence-electron chi connectivity index (χ2n) is 6.98. The molecule has 3 atom stereocenters. The van der Waals surface area contributed by atoms with Gasteiger partial charge in [0.25, 0.3) is 0 Å². The zero-order valence-electron chi connectivity index (χ0n) is 16.0. The standard InChI is InChI=1S/C22H23NO4S2.CH4/c1-15(14-28-22(27)16-8-4-2-5-9-16)20(24)23-13-18(12-19(23)21(25)26)29-17-10-6-3-7-11-17;/h2-11,15,18-19H,12-14H2,1H3,(H,25,26);1H4/p-1/t15-,18+,19+;/m1./s1. The highest BCUT2D eigenvalue weighted by atomic mass is 32.2. The number of amides is 1. The van der Waals surface area contributed by atoms with Crippen molar-refractivity contribution in [2.75, 3.05) is 12.3 Å². The SMILES string of the molecule is C.C[C@H](CSC(=O)c1ccccc1)C(=O)N1C[C@@H](Sc2ccccc2)C[C@H]1C(=O)[O-].